The molecule has 2 rings (SSSR count). The molecule has 220 valence electrons. The Morgan fingerprint density at radius 3 is 1.98 bits per heavy atom. The molecule has 1 aromatic rings. The van der Waals surface area contributed by atoms with Gasteiger partial charge in [0.25, 0.3) is 10.1 Å². The Labute approximate surface area is 274 Å². The van der Waals surface area contributed by atoms with Gasteiger partial charge in [-0.3, -0.25) is 14.1 Å². The second kappa shape index (κ2) is 21.1. The zero-order chi connectivity index (χ0) is 29.4. The molecule has 4 atom stereocenters. The van der Waals surface area contributed by atoms with E-state index >= 15 is 0 Å². The van der Waals surface area contributed by atoms with Crippen molar-refractivity contribution in [2.24, 2.45) is 11.8 Å². The summed E-state index contributed by atoms with van der Waals surface area (Å²) in [7, 11) is -4.76. The number of hydrogen-bond acceptors (Lipinski definition) is 6. The van der Waals surface area contributed by atoms with Gasteiger partial charge < -0.3 is 10.9 Å². The Bertz CT molecular complexity index is 1040. The fraction of sp³-hybridized carbons (Fsp3) is 0.667. The predicted octanol–water partition coefficient (Wildman–Crippen LogP) is 3.58. The molecule has 0 saturated heterocycles. The van der Waals surface area contributed by atoms with Gasteiger partial charge >= 0.3 is 41.5 Å². The van der Waals surface area contributed by atoms with E-state index in [0.29, 0.717) is 4.78 Å². The molecule has 0 fully saturated rings. The molecule has 0 aromatic heterocycles. The van der Waals surface area contributed by atoms with E-state index in [2.05, 4.69) is 67.4 Å². The number of fused-ring (bicyclic) bond motifs is 1. The largest absolute Gasteiger partial charge is 1.00 e. The molecule has 1 aliphatic carbocycles. The molecule has 10 heteroatoms. The minimum atomic E-state index is -4.76. The van der Waals surface area contributed by atoms with Crippen molar-refractivity contribution in [2.45, 2.75) is 102 Å². The first kappa shape index (κ1) is 39.3. The molecule has 0 aliphatic heterocycles. The zero-order valence-electron chi connectivity index (χ0n) is 26.4. The van der Waals surface area contributed by atoms with Crippen molar-refractivity contribution in [3.05, 3.63) is 41.5 Å². The number of carbonyl (C=O) groups excluding carboxylic acids is 2. The van der Waals surface area contributed by atoms with Crippen LogP contribution in [-0.2, 0) is 29.2 Å². The van der Waals surface area contributed by atoms with Gasteiger partial charge in [0.2, 0.25) is 0 Å². The van der Waals surface area contributed by atoms with Crippen LogP contribution in [-0.4, -0.2) is 59.7 Å². The second-order valence-corrected chi connectivity index (χ2v) is 12.6. The van der Waals surface area contributed by atoms with Gasteiger partial charge in [0.1, 0.15) is 16.3 Å². The minimum absolute atomic E-state index is 0. The molecular weight excluding hydrogens is 554 g/mol. The Kier molecular flexibility index (Phi) is 20.8. The van der Waals surface area contributed by atoms with Gasteiger partial charge in [-0.2, -0.15) is 8.42 Å². The van der Waals surface area contributed by atoms with Crippen LogP contribution in [0.1, 0.15) is 110 Å². The van der Waals surface area contributed by atoms with Crippen molar-refractivity contribution < 1.29 is 63.0 Å². The fourth-order valence-electron chi connectivity index (χ4n) is 4.42. The molecular formula is C30H48AlNaO7S. The SMILES string of the molecule is CC1=C[CH]([Al])c2ccccc21.CCCCC(CC)COC(=O)CC(C(=O)OCC(CC)CCCC)S(=O)(=O)O.[H-].[Na+]. The Balaban J connectivity index is 0. The van der Waals surface area contributed by atoms with Crippen molar-refractivity contribution in [3.63, 3.8) is 0 Å². The summed E-state index contributed by atoms with van der Waals surface area (Å²) in [6, 6.07) is 8.58. The number of rotatable bonds is 16. The van der Waals surface area contributed by atoms with Crippen molar-refractivity contribution in [1.29, 1.82) is 0 Å². The van der Waals surface area contributed by atoms with E-state index in [4.69, 9.17) is 9.47 Å². The maximum atomic E-state index is 12.2. The zero-order valence-corrected chi connectivity index (χ0v) is 29.3. The number of ether oxygens (including phenoxy) is 2. The first-order valence-electron chi connectivity index (χ1n) is 14.3. The minimum Gasteiger partial charge on any atom is -1.00 e. The van der Waals surface area contributed by atoms with E-state index in [1.807, 2.05) is 13.8 Å². The second-order valence-electron chi connectivity index (χ2n) is 10.3. The van der Waals surface area contributed by atoms with E-state index < -0.39 is 33.7 Å². The van der Waals surface area contributed by atoms with Crippen LogP contribution >= 0.6 is 0 Å². The van der Waals surface area contributed by atoms with Gasteiger partial charge in [-0.25, -0.2) is 0 Å². The van der Waals surface area contributed by atoms with Crippen molar-refractivity contribution in [3.8, 4) is 0 Å². The molecule has 1 N–H and O–H groups in total. The summed E-state index contributed by atoms with van der Waals surface area (Å²) >= 11 is 2.85. The molecule has 0 spiro atoms. The van der Waals surface area contributed by atoms with E-state index in [1.165, 1.54) is 16.7 Å². The van der Waals surface area contributed by atoms with E-state index in [0.717, 1.165) is 51.4 Å². The van der Waals surface area contributed by atoms with E-state index in [-0.39, 0.29) is 56.0 Å². The number of unbranched alkanes of at least 4 members (excludes halogenated alkanes) is 2. The maximum Gasteiger partial charge on any atom is 1.00 e. The predicted molar refractivity (Wildman–Crippen MR) is 158 cm³/mol. The summed E-state index contributed by atoms with van der Waals surface area (Å²) in [4.78, 5) is 24.2. The molecule has 40 heavy (non-hydrogen) atoms. The Morgan fingerprint density at radius 1 is 0.975 bits per heavy atom. The van der Waals surface area contributed by atoms with Crippen LogP contribution in [0.5, 0.6) is 0 Å². The summed E-state index contributed by atoms with van der Waals surface area (Å²) in [5.41, 5.74) is 4.25. The standard InChI is InChI=1S/C20H38O7S.C10H9.Al.Na.H/c1-5-9-11-16(7-3)14-26-19(21)13-18(28(23,24)25)20(22)27-15-17(8-4)12-10-6-2;1-8-6-7-9-4-2-3-5-10(8)9;;;/h16-18H,5-15H2,1-4H3,(H,23,24,25);2-7H,1H3;;;/q;;;+1;-1. The Hall–Kier alpha value is -0.658. The molecule has 0 heterocycles. The summed E-state index contributed by atoms with van der Waals surface area (Å²) in [6.45, 7) is 10.5. The third kappa shape index (κ3) is 14.5. The van der Waals surface area contributed by atoms with Gasteiger partial charge in [-0.05, 0) is 48.3 Å². The van der Waals surface area contributed by atoms with Crippen molar-refractivity contribution >= 4 is 43.9 Å². The summed E-state index contributed by atoms with van der Waals surface area (Å²) in [5, 5.41) is -1.95. The van der Waals surface area contributed by atoms with Gasteiger partial charge in [-0.15, -0.1) is 0 Å². The van der Waals surface area contributed by atoms with Crippen LogP contribution in [0.25, 0.3) is 5.57 Å². The third-order valence-corrected chi connectivity index (χ3v) is 8.81. The third-order valence-electron chi connectivity index (χ3n) is 7.18. The molecule has 4 unspecified atom stereocenters. The smallest absolute Gasteiger partial charge is 1.00 e. The van der Waals surface area contributed by atoms with Crippen LogP contribution in [0.2, 0.25) is 0 Å². The van der Waals surface area contributed by atoms with E-state index in [9.17, 15) is 22.6 Å². The molecule has 2 radical (unpaired) electrons. The molecule has 0 amide bonds. The van der Waals surface area contributed by atoms with Crippen molar-refractivity contribution in [1.82, 2.24) is 0 Å². The van der Waals surface area contributed by atoms with Gasteiger partial charge in [0.15, 0.2) is 5.25 Å². The fourth-order valence-corrected chi connectivity index (χ4v) is 5.65. The molecule has 0 bridgehead atoms. The monoisotopic (exact) mass is 602 g/mol. The topological polar surface area (TPSA) is 107 Å². The quantitative estimate of drug-likeness (QED) is 0.175. The van der Waals surface area contributed by atoms with Crippen molar-refractivity contribution in [2.75, 3.05) is 13.2 Å². The number of carbonyl (C=O) groups is 2. The maximum absolute atomic E-state index is 12.2. The van der Waals surface area contributed by atoms with Crippen LogP contribution in [0.4, 0.5) is 0 Å². The van der Waals surface area contributed by atoms with Crippen LogP contribution in [0.15, 0.2) is 30.3 Å². The van der Waals surface area contributed by atoms with Crippen LogP contribution < -0.4 is 29.6 Å². The summed E-state index contributed by atoms with van der Waals surface area (Å²) in [5.74, 6) is -1.61. The Morgan fingerprint density at radius 2 is 1.50 bits per heavy atom. The summed E-state index contributed by atoms with van der Waals surface area (Å²) < 4.78 is 43.3. The van der Waals surface area contributed by atoms with Gasteiger partial charge in [0, 0.05) is 0 Å². The first-order chi connectivity index (χ1) is 18.5. The van der Waals surface area contributed by atoms with Gasteiger partial charge in [-0.1, -0.05) is 101 Å². The average Bonchev–Trinajstić information content (AvgIpc) is 3.20. The normalized spacial score (nSPS) is 16.2. The first-order valence-corrected chi connectivity index (χ1v) is 16.5. The number of benzene rings is 1. The van der Waals surface area contributed by atoms with Crippen LogP contribution in [0.3, 0.4) is 0 Å². The average molecular weight is 603 g/mol. The molecule has 1 aliphatic rings. The van der Waals surface area contributed by atoms with Crippen LogP contribution in [0, 0.1) is 11.8 Å². The molecule has 0 saturated carbocycles. The summed E-state index contributed by atoms with van der Waals surface area (Å²) in [6.07, 6.45) is 9.03. The number of allylic oxidation sites excluding steroid dienone is 2. The van der Waals surface area contributed by atoms with Gasteiger partial charge in [0.05, 0.1) is 19.6 Å². The number of hydrogen-bond donors (Lipinski definition) is 1. The molecule has 7 nitrogen and oxygen atoms in total. The molecule has 1 aromatic carbocycles. The number of esters is 2. The van der Waals surface area contributed by atoms with E-state index in [1.54, 1.807) is 0 Å².